The minimum atomic E-state index is -2.97. The summed E-state index contributed by atoms with van der Waals surface area (Å²) in [6, 6.07) is 9.88. The highest BCUT2D eigenvalue weighted by Gasteiger charge is 2.24. The first kappa shape index (κ1) is 18.8. The van der Waals surface area contributed by atoms with Crippen LogP contribution in [0.4, 0.5) is 5.82 Å². The lowest BCUT2D eigenvalue weighted by atomic mass is 10.0. The summed E-state index contributed by atoms with van der Waals surface area (Å²) < 4.78 is 23.5. The first-order valence-electron chi connectivity index (χ1n) is 8.92. The van der Waals surface area contributed by atoms with Gasteiger partial charge in [0.25, 0.3) is 0 Å². The molecular weight excluding hydrogens is 396 g/mol. The molecule has 0 aliphatic carbocycles. The third kappa shape index (κ3) is 3.86. The number of sulfone groups is 1. The molecule has 2 aromatic heterocycles. The van der Waals surface area contributed by atoms with Crippen LogP contribution in [-0.4, -0.2) is 48.0 Å². The summed E-state index contributed by atoms with van der Waals surface area (Å²) in [5.74, 6) is 0.896. The van der Waals surface area contributed by atoms with E-state index in [4.69, 9.17) is 16.6 Å². The van der Waals surface area contributed by atoms with Gasteiger partial charge in [0.2, 0.25) is 0 Å². The van der Waals surface area contributed by atoms with Crippen molar-refractivity contribution >= 4 is 27.3 Å². The molecule has 3 heterocycles. The molecule has 0 N–H and O–H groups in total. The average molecular weight is 415 g/mol. The minimum Gasteiger partial charge on any atom is -0.353 e. The molecule has 1 aromatic carbocycles. The number of aryl methyl sites for hydroxylation is 1. The van der Waals surface area contributed by atoms with Crippen molar-refractivity contribution in [2.45, 2.75) is 6.92 Å². The SMILES string of the molecule is Cc1ccc(-c2ncc(N3CCS(=O)(=O)CC3)nc2-c2ccncc2Cl)cc1. The van der Waals surface area contributed by atoms with E-state index in [-0.39, 0.29) is 11.5 Å². The summed E-state index contributed by atoms with van der Waals surface area (Å²) in [6.07, 6.45) is 4.95. The monoisotopic (exact) mass is 414 g/mol. The number of nitrogens with zero attached hydrogens (tertiary/aromatic N) is 4. The number of rotatable bonds is 3. The normalized spacial score (nSPS) is 16.1. The first-order chi connectivity index (χ1) is 13.4. The molecule has 4 rings (SSSR count). The van der Waals surface area contributed by atoms with Gasteiger partial charge in [-0.3, -0.25) is 9.97 Å². The van der Waals surface area contributed by atoms with Gasteiger partial charge in [0, 0.05) is 36.6 Å². The Morgan fingerprint density at radius 1 is 1.00 bits per heavy atom. The number of pyridine rings is 1. The van der Waals surface area contributed by atoms with Crippen LogP contribution in [0.15, 0.2) is 48.9 Å². The number of hydrogen-bond acceptors (Lipinski definition) is 6. The number of halogens is 1. The van der Waals surface area contributed by atoms with Crippen LogP contribution in [0.25, 0.3) is 22.5 Å². The average Bonchev–Trinajstić information content (AvgIpc) is 2.69. The lowest BCUT2D eigenvalue weighted by molar-refractivity contribution is 0.586. The molecule has 28 heavy (non-hydrogen) atoms. The fraction of sp³-hybridized carbons (Fsp3) is 0.250. The van der Waals surface area contributed by atoms with Gasteiger partial charge in [0.15, 0.2) is 9.84 Å². The van der Waals surface area contributed by atoms with Crippen LogP contribution in [0.2, 0.25) is 5.02 Å². The molecule has 0 radical (unpaired) electrons. The third-order valence-corrected chi connectivity index (χ3v) is 6.69. The molecule has 0 amide bonds. The Morgan fingerprint density at radius 3 is 2.39 bits per heavy atom. The van der Waals surface area contributed by atoms with Crippen molar-refractivity contribution in [1.29, 1.82) is 0 Å². The van der Waals surface area contributed by atoms with Crippen molar-refractivity contribution in [1.82, 2.24) is 15.0 Å². The second-order valence-corrected chi connectivity index (χ2v) is 9.50. The number of aromatic nitrogens is 3. The van der Waals surface area contributed by atoms with Crippen molar-refractivity contribution in [2.75, 3.05) is 29.5 Å². The molecule has 8 heteroatoms. The van der Waals surface area contributed by atoms with Gasteiger partial charge in [-0.25, -0.2) is 13.4 Å². The predicted octanol–water partition coefficient (Wildman–Crippen LogP) is 3.40. The zero-order chi connectivity index (χ0) is 19.7. The lowest BCUT2D eigenvalue weighted by Gasteiger charge is -2.28. The summed E-state index contributed by atoms with van der Waals surface area (Å²) >= 11 is 6.40. The molecule has 6 nitrogen and oxygen atoms in total. The molecular formula is C20H19ClN4O2S. The Balaban J connectivity index is 1.81. The zero-order valence-corrected chi connectivity index (χ0v) is 16.9. The summed E-state index contributed by atoms with van der Waals surface area (Å²) in [5, 5.41) is 0.489. The largest absolute Gasteiger partial charge is 0.353 e. The highest BCUT2D eigenvalue weighted by atomic mass is 35.5. The van der Waals surface area contributed by atoms with E-state index in [0.717, 1.165) is 22.4 Å². The van der Waals surface area contributed by atoms with Crippen LogP contribution in [0.3, 0.4) is 0 Å². The second kappa shape index (κ2) is 7.48. The van der Waals surface area contributed by atoms with Gasteiger partial charge in [0.1, 0.15) is 11.5 Å². The molecule has 144 valence electrons. The van der Waals surface area contributed by atoms with Crippen molar-refractivity contribution in [3.8, 4) is 22.5 Å². The van der Waals surface area contributed by atoms with Crippen LogP contribution in [0.1, 0.15) is 5.56 Å². The molecule has 1 aliphatic rings. The Bertz CT molecular complexity index is 1100. The first-order valence-corrected chi connectivity index (χ1v) is 11.1. The quantitative estimate of drug-likeness (QED) is 0.653. The molecule has 0 spiro atoms. The second-order valence-electron chi connectivity index (χ2n) is 6.79. The maximum atomic E-state index is 11.7. The summed E-state index contributed by atoms with van der Waals surface area (Å²) in [5.41, 5.74) is 4.22. The van der Waals surface area contributed by atoms with E-state index in [0.29, 0.717) is 29.6 Å². The molecule has 1 fully saturated rings. The van der Waals surface area contributed by atoms with Crippen LogP contribution >= 0.6 is 11.6 Å². The maximum Gasteiger partial charge on any atom is 0.153 e. The standard InChI is InChI=1S/C20H19ClN4O2S/c1-14-2-4-15(5-3-14)19-20(16-6-7-22-12-17(16)21)24-18(13-23-19)25-8-10-28(26,27)11-9-25/h2-7,12-13H,8-11H2,1H3. The summed E-state index contributed by atoms with van der Waals surface area (Å²) in [4.78, 5) is 15.5. The van der Waals surface area contributed by atoms with Gasteiger partial charge < -0.3 is 4.90 Å². The van der Waals surface area contributed by atoms with E-state index >= 15 is 0 Å². The molecule has 1 aliphatic heterocycles. The topological polar surface area (TPSA) is 76.1 Å². The van der Waals surface area contributed by atoms with Gasteiger partial charge in [-0.2, -0.15) is 0 Å². The van der Waals surface area contributed by atoms with Gasteiger partial charge >= 0.3 is 0 Å². The zero-order valence-electron chi connectivity index (χ0n) is 15.3. The Kier molecular flexibility index (Phi) is 5.03. The Labute approximate surface area is 169 Å². The van der Waals surface area contributed by atoms with Crippen molar-refractivity contribution in [3.05, 3.63) is 59.5 Å². The van der Waals surface area contributed by atoms with Gasteiger partial charge in [-0.05, 0) is 13.0 Å². The van der Waals surface area contributed by atoms with Gasteiger partial charge in [0.05, 0.1) is 28.4 Å². The van der Waals surface area contributed by atoms with E-state index in [1.165, 1.54) is 0 Å². The highest BCUT2D eigenvalue weighted by Crippen LogP contribution is 2.34. The summed E-state index contributed by atoms with van der Waals surface area (Å²) in [7, 11) is -2.97. The minimum absolute atomic E-state index is 0.125. The highest BCUT2D eigenvalue weighted by molar-refractivity contribution is 7.91. The van der Waals surface area contributed by atoms with E-state index < -0.39 is 9.84 Å². The maximum absolute atomic E-state index is 11.7. The van der Waals surface area contributed by atoms with Crippen molar-refractivity contribution in [3.63, 3.8) is 0 Å². The van der Waals surface area contributed by atoms with E-state index in [1.54, 1.807) is 18.6 Å². The molecule has 0 saturated carbocycles. The molecule has 3 aromatic rings. The smallest absolute Gasteiger partial charge is 0.153 e. The van der Waals surface area contributed by atoms with Gasteiger partial charge in [-0.1, -0.05) is 41.4 Å². The molecule has 0 bridgehead atoms. The van der Waals surface area contributed by atoms with Crippen molar-refractivity contribution < 1.29 is 8.42 Å². The lowest BCUT2D eigenvalue weighted by Crippen LogP contribution is -2.40. The van der Waals surface area contributed by atoms with Crippen LogP contribution < -0.4 is 4.90 Å². The van der Waals surface area contributed by atoms with Crippen LogP contribution in [-0.2, 0) is 9.84 Å². The van der Waals surface area contributed by atoms with Crippen LogP contribution in [0, 0.1) is 6.92 Å². The number of anilines is 1. The van der Waals surface area contributed by atoms with E-state index in [2.05, 4.69) is 9.97 Å². The predicted molar refractivity (Wildman–Crippen MR) is 111 cm³/mol. The third-order valence-electron chi connectivity index (χ3n) is 4.78. The van der Waals surface area contributed by atoms with Crippen LogP contribution in [0.5, 0.6) is 0 Å². The molecule has 0 unspecified atom stereocenters. The molecule has 0 atom stereocenters. The number of benzene rings is 1. The van der Waals surface area contributed by atoms with Crippen molar-refractivity contribution in [2.24, 2.45) is 0 Å². The fourth-order valence-electron chi connectivity index (χ4n) is 3.15. The number of hydrogen-bond donors (Lipinski definition) is 0. The molecule has 1 saturated heterocycles. The Morgan fingerprint density at radius 2 is 1.71 bits per heavy atom. The Hall–Kier alpha value is -2.51. The summed E-state index contributed by atoms with van der Waals surface area (Å²) in [6.45, 7) is 2.85. The van der Waals surface area contributed by atoms with Gasteiger partial charge in [-0.15, -0.1) is 0 Å². The fourth-order valence-corrected chi connectivity index (χ4v) is 4.56. The van der Waals surface area contributed by atoms with E-state index in [9.17, 15) is 8.42 Å². The van der Waals surface area contributed by atoms with E-state index in [1.807, 2.05) is 42.2 Å².